The van der Waals surface area contributed by atoms with E-state index in [0.29, 0.717) is 25.7 Å². The minimum absolute atomic E-state index is 0.296. The zero-order chi connectivity index (χ0) is 14.3. The Kier molecular flexibility index (Phi) is 3.83. The van der Waals surface area contributed by atoms with E-state index in [-0.39, 0.29) is 0 Å². The number of benzene rings is 1. The van der Waals surface area contributed by atoms with Crippen LogP contribution in [-0.2, 0) is 0 Å². The topological polar surface area (TPSA) is 0 Å². The van der Waals surface area contributed by atoms with Gasteiger partial charge < -0.3 is 0 Å². The number of fused-ring (bicyclic) bond motifs is 1. The monoisotopic (exact) mass is 340 g/mol. The largest absolute Gasteiger partial charge is 0.0819 e. The van der Waals surface area contributed by atoms with Crippen molar-refractivity contribution in [2.24, 2.45) is 0 Å². The highest BCUT2D eigenvalue weighted by molar-refractivity contribution is 6.55. The second kappa shape index (κ2) is 5.46. The van der Waals surface area contributed by atoms with E-state index in [4.69, 9.17) is 46.4 Å². The molecule has 0 saturated heterocycles. The molecule has 0 heterocycles. The van der Waals surface area contributed by atoms with E-state index in [9.17, 15) is 0 Å². The Balaban J connectivity index is 2.18. The fraction of sp³-hybridized carbons (Fsp3) is 0. The molecule has 0 nitrogen and oxygen atoms in total. The van der Waals surface area contributed by atoms with Gasteiger partial charge in [-0.1, -0.05) is 95.0 Å². The van der Waals surface area contributed by atoms with E-state index in [0.717, 1.165) is 16.7 Å². The fourth-order valence-corrected chi connectivity index (χ4v) is 3.28. The summed E-state index contributed by atoms with van der Waals surface area (Å²) in [4.78, 5) is 0. The van der Waals surface area contributed by atoms with Gasteiger partial charge >= 0.3 is 0 Å². The molecule has 0 atom stereocenters. The molecule has 0 radical (unpaired) electrons. The molecule has 0 bridgehead atoms. The summed E-state index contributed by atoms with van der Waals surface area (Å²) in [5.74, 6) is 0. The molecule has 0 aromatic heterocycles. The Morgan fingerprint density at radius 2 is 1.00 bits per heavy atom. The van der Waals surface area contributed by atoms with Crippen molar-refractivity contribution in [2.45, 2.75) is 0 Å². The Bertz CT molecular complexity index is 684. The maximum Gasteiger partial charge on any atom is 0.0800 e. The average molecular weight is 342 g/mol. The molecule has 1 aromatic carbocycles. The molecule has 0 aliphatic heterocycles. The first-order valence-corrected chi connectivity index (χ1v) is 7.42. The van der Waals surface area contributed by atoms with Gasteiger partial charge in [0.25, 0.3) is 0 Å². The van der Waals surface area contributed by atoms with Crippen LogP contribution in [0, 0.1) is 0 Å². The lowest BCUT2D eigenvalue weighted by Crippen LogP contribution is -1.85. The van der Waals surface area contributed by atoms with E-state index in [1.165, 1.54) is 0 Å². The smallest absolute Gasteiger partial charge is 0.0800 e. The van der Waals surface area contributed by atoms with Gasteiger partial charge in [0.05, 0.1) is 20.1 Å². The van der Waals surface area contributed by atoms with Crippen LogP contribution in [0.2, 0.25) is 0 Å². The minimum atomic E-state index is 0.296. The van der Waals surface area contributed by atoms with Crippen molar-refractivity contribution in [3.05, 3.63) is 78.8 Å². The molecule has 1 aromatic rings. The van der Waals surface area contributed by atoms with Crippen LogP contribution in [0.5, 0.6) is 0 Å². The first-order valence-electron chi connectivity index (χ1n) is 5.90. The van der Waals surface area contributed by atoms with Crippen LogP contribution in [0.1, 0.15) is 11.1 Å². The van der Waals surface area contributed by atoms with Crippen LogP contribution in [0.15, 0.2) is 67.7 Å². The van der Waals surface area contributed by atoms with Crippen LogP contribution < -0.4 is 0 Å². The molecular formula is C16H8Cl4. The Morgan fingerprint density at radius 1 is 0.550 bits per heavy atom. The van der Waals surface area contributed by atoms with Crippen molar-refractivity contribution in [3.63, 3.8) is 0 Å². The van der Waals surface area contributed by atoms with Crippen LogP contribution in [0.4, 0.5) is 0 Å². The van der Waals surface area contributed by atoms with Gasteiger partial charge in [-0.2, -0.15) is 0 Å². The molecule has 0 saturated carbocycles. The molecule has 20 heavy (non-hydrogen) atoms. The summed E-state index contributed by atoms with van der Waals surface area (Å²) in [6, 6.07) is 8.09. The molecule has 2 aliphatic rings. The van der Waals surface area contributed by atoms with Crippen LogP contribution in [0.3, 0.4) is 0 Å². The van der Waals surface area contributed by atoms with Crippen molar-refractivity contribution >= 4 is 58.6 Å². The first kappa shape index (κ1) is 14.0. The molecule has 0 amide bonds. The van der Waals surface area contributed by atoms with E-state index >= 15 is 0 Å². The second-order valence-electron chi connectivity index (χ2n) is 4.38. The summed E-state index contributed by atoms with van der Waals surface area (Å²) in [6.45, 7) is 0. The van der Waals surface area contributed by atoms with E-state index in [1.54, 1.807) is 0 Å². The predicted molar refractivity (Wildman–Crippen MR) is 89.0 cm³/mol. The van der Waals surface area contributed by atoms with Crippen LogP contribution >= 0.6 is 46.4 Å². The zero-order valence-corrected chi connectivity index (χ0v) is 13.2. The third-order valence-corrected chi connectivity index (χ3v) is 4.99. The van der Waals surface area contributed by atoms with E-state index in [1.807, 2.05) is 48.6 Å². The summed E-state index contributed by atoms with van der Waals surface area (Å²) in [7, 11) is 0. The van der Waals surface area contributed by atoms with Gasteiger partial charge in [0.2, 0.25) is 0 Å². The lowest BCUT2D eigenvalue weighted by Gasteiger charge is -2.03. The summed E-state index contributed by atoms with van der Waals surface area (Å²) >= 11 is 24.5. The fourth-order valence-electron chi connectivity index (χ4n) is 2.16. The lowest BCUT2D eigenvalue weighted by atomic mass is 10.1. The summed E-state index contributed by atoms with van der Waals surface area (Å²) in [5.41, 5.74) is 3.82. The first-order chi connectivity index (χ1) is 9.59. The van der Waals surface area contributed by atoms with Crippen molar-refractivity contribution in [1.82, 2.24) is 0 Å². The van der Waals surface area contributed by atoms with Crippen molar-refractivity contribution < 1.29 is 0 Å². The van der Waals surface area contributed by atoms with E-state index in [2.05, 4.69) is 0 Å². The maximum atomic E-state index is 6.23. The highest BCUT2D eigenvalue weighted by Crippen LogP contribution is 2.46. The standard InChI is InChI=1S/C16H8Cl4/c17-13-12(14(18)16(20)15(13)19)11-7-5-9-3-1-2-4-10(9)6-8-11/h1-8H. The molecule has 0 fully saturated rings. The van der Waals surface area contributed by atoms with Gasteiger partial charge in [-0.15, -0.1) is 0 Å². The van der Waals surface area contributed by atoms with E-state index < -0.39 is 0 Å². The van der Waals surface area contributed by atoms with Gasteiger partial charge in [-0.3, -0.25) is 0 Å². The number of rotatable bonds is 0. The molecule has 0 spiro atoms. The molecule has 2 aliphatic carbocycles. The van der Waals surface area contributed by atoms with Crippen molar-refractivity contribution in [1.29, 1.82) is 0 Å². The van der Waals surface area contributed by atoms with Crippen LogP contribution in [-0.4, -0.2) is 0 Å². The van der Waals surface area contributed by atoms with Gasteiger partial charge in [-0.25, -0.2) is 0 Å². The molecule has 3 rings (SSSR count). The Hall–Kier alpha value is -0.920. The van der Waals surface area contributed by atoms with Crippen molar-refractivity contribution in [3.8, 4) is 0 Å². The quantitative estimate of drug-likeness (QED) is 0.511. The highest BCUT2D eigenvalue weighted by atomic mass is 35.5. The minimum Gasteiger partial charge on any atom is -0.0819 e. The normalized spacial score (nSPS) is 18.0. The third-order valence-electron chi connectivity index (χ3n) is 3.19. The highest BCUT2D eigenvalue weighted by Gasteiger charge is 2.27. The molecule has 0 N–H and O–H groups in total. The third kappa shape index (κ3) is 2.27. The summed E-state index contributed by atoms with van der Waals surface area (Å²) in [5, 5.41) is 1.36. The summed E-state index contributed by atoms with van der Waals surface area (Å²) in [6.07, 6.45) is 7.96. The van der Waals surface area contributed by atoms with Crippen molar-refractivity contribution in [2.75, 3.05) is 0 Å². The SMILES string of the molecule is ClC1=C(Cl)C(=C2C=Cc3ccccc3C=C2)C(Cl)=C1Cl. The number of hydrogen-bond acceptors (Lipinski definition) is 0. The predicted octanol–water partition coefficient (Wildman–Crippen LogP) is 6.42. The maximum absolute atomic E-state index is 6.23. The molecule has 4 heteroatoms. The lowest BCUT2D eigenvalue weighted by molar-refractivity contribution is 1.57. The number of halogens is 4. The zero-order valence-electron chi connectivity index (χ0n) is 10.1. The Labute approximate surface area is 137 Å². The number of allylic oxidation sites excluding steroid dienone is 8. The van der Waals surface area contributed by atoms with Gasteiger partial charge in [0, 0.05) is 5.57 Å². The second-order valence-corrected chi connectivity index (χ2v) is 5.89. The average Bonchev–Trinajstić information content (AvgIpc) is 2.65. The van der Waals surface area contributed by atoms with Gasteiger partial charge in [0.1, 0.15) is 0 Å². The molecule has 100 valence electrons. The van der Waals surface area contributed by atoms with Crippen LogP contribution in [0.25, 0.3) is 12.2 Å². The van der Waals surface area contributed by atoms with Gasteiger partial charge in [-0.05, 0) is 16.7 Å². The molecular weight excluding hydrogens is 334 g/mol. The Morgan fingerprint density at radius 3 is 1.45 bits per heavy atom. The number of hydrogen-bond donors (Lipinski definition) is 0. The summed E-state index contributed by atoms with van der Waals surface area (Å²) < 4.78 is 0. The van der Waals surface area contributed by atoms with Gasteiger partial charge in [0.15, 0.2) is 0 Å². The molecule has 0 unspecified atom stereocenters.